The highest BCUT2D eigenvalue weighted by molar-refractivity contribution is 5.71. The molecule has 0 unspecified atom stereocenters. The maximum Gasteiger partial charge on any atom is 0.123 e. The van der Waals surface area contributed by atoms with Gasteiger partial charge in [0.2, 0.25) is 0 Å². The van der Waals surface area contributed by atoms with Crippen molar-refractivity contribution in [3.8, 4) is 22.6 Å². The standard InChI is InChI=1S/C16H19NO2/c1-11-4-5-12(10-17)6-16(11)13-7-14(18-2)9-15(8-13)19-3/h4-9H,10,17H2,1-3H3. The fourth-order valence-electron chi connectivity index (χ4n) is 2.07. The van der Waals surface area contributed by atoms with E-state index < -0.39 is 0 Å². The molecule has 2 N–H and O–H groups in total. The molecule has 0 aliphatic rings. The summed E-state index contributed by atoms with van der Waals surface area (Å²) in [6.07, 6.45) is 0. The number of benzene rings is 2. The number of nitrogens with two attached hydrogens (primary N) is 1. The van der Waals surface area contributed by atoms with Gasteiger partial charge in [-0.1, -0.05) is 12.1 Å². The van der Waals surface area contributed by atoms with Crippen LogP contribution in [0.2, 0.25) is 0 Å². The van der Waals surface area contributed by atoms with E-state index in [9.17, 15) is 0 Å². The SMILES string of the molecule is COc1cc(OC)cc(-c2cc(CN)ccc2C)c1. The molecule has 19 heavy (non-hydrogen) atoms. The molecule has 0 heterocycles. The monoisotopic (exact) mass is 257 g/mol. The average molecular weight is 257 g/mol. The molecule has 0 radical (unpaired) electrons. The zero-order chi connectivity index (χ0) is 13.8. The minimum atomic E-state index is 0.536. The zero-order valence-corrected chi connectivity index (χ0v) is 11.6. The lowest BCUT2D eigenvalue weighted by molar-refractivity contribution is 0.394. The summed E-state index contributed by atoms with van der Waals surface area (Å²) < 4.78 is 10.6. The van der Waals surface area contributed by atoms with Gasteiger partial charge in [0.05, 0.1) is 14.2 Å². The molecular weight excluding hydrogens is 238 g/mol. The molecule has 0 bridgehead atoms. The Bertz CT molecular complexity index is 557. The van der Waals surface area contributed by atoms with E-state index in [1.165, 1.54) is 5.56 Å². The van der Waals surface area contributed by atoms with Gasteiger partial charge in [0.1, 0.15) is 11.5 Å². The van der Waals surface area contributed by atoms with Crippen LogP contribution in [-0.4, -0.2) is 14.2 Å². The van der Waals surface area contributed by atoms with E-state index in [2.05, 4.69) is 25.1 Å². The Hall–Kier alpha value is -2.00. The van der Waals surface area contributed by atoms with Crippen molar-refractivity contribution in [1.29, 1.82) is 0 Å². The molecule has 0 saturated carbocycles. The second kappa shape index (κ2) is 5.76. The van der Waals surface area contributed by atoms with Crippen LogP contribution in [0, 0.1) is 6.92 Å². The third-order valence-electron chi connectivity index (χ3n) is 3.20. The maximum atomic E-state index is 5.71. The molecule has 0 amide bonds. The first-order valence-corrected chi connectivity index (χ1v) is 6.21. The van der Waals surface area contributed by atoms with E-state index >= 15 is 0 Å². The molecule has 0 aliphatic heterocycles. The van der Waals surface area contributed by atoms with Crippen LogP contribution in [0.15, 0.2) is 36.4 Å². The number of hydrogen-bond donors (Lipinski definition) is 1. The lowest BCUT2D eigenvalue weighted by Gasteiger charge is -2.12. The van der Waals surface area contributed by atoms with Crippen molar-refractivity contribution in [3.05, 3.63) is 47.5 Å². The smallest absolute Gasteiger partial charge is 0.123 e. The van der Waals surface area contributed by atoms with Crippen LogP contribution >= 0.6 is 0 Å². The van der Waals surface area contributed by atoms with Gasteiger partial charge < -0.3 is 15.2 Å². The molecule has 0 fully saturated rings. The van der Waals surface area contributed by atoms with E-state index in [4.69, 9.17) is 15.2 Å². The van der Waals surface area contributed by atoms with E-state index in [0.717, 1.165) is 28.2 Å². The summed E-state index contributed by atoms with van der Waals surface area (Å²) in [5, 5.41) is 0. The number of hydrogen-bond acceptors (Lipinski definition) is 3. The Labute approximate surface area is 114 Å². The first kappa shape index (κ1) is 13.4. The highest BCUT2D eigenvalue weighted by atomic mass is 16.5. The summed E-state index contributed by atoms with van der Waals surface area (Å²) >= 11 is 0. The van der Waals surface area contributed by atoms with Gasteiger partial charge in [0, 0.05) is 12.6 Å². The van der Waals surface area contributed by atoms with E-state index in [1.54, 1.807) is 14.2 Å². The Balaban J connectivity index is 2.57. The minimum Gasteiger partial charge on any atom is -0.497 e. The van der Waals surface area contributed by atoms with Crippen molar-refractivity contribution >= 4 is 0 Å². The summed E-state index contributed by atoms with van der Waals surface area (Å²) in [6, 6.07) is 12.1. The summed E-state index contributed by atoms with van der Waals surface area (Å²) in [6.45, 7) is 2.62. The molecule has 100 valence electrons. The fourth-order valence-corrected chi connectivity index (χ4v) is 2.07. The van der Waals surface area contributed by atoms with Crippen LogP contribution in [0.4, 0.5) is 0 Å². The van der Waals surface area contributed by atoms with Crippen molar-refractivity contribution in [1.82, 2.24) is 0 Å². The first-order valence-electron chi connectivity index (χ1n) is 6.21. The van der Waals surface area contributed by atoms with Crippen LogP contribution in [0.5, 0.6) is 11.5 Å². The third kappa shape index (κ3) is 2.88. The highest BCUT2D eigenvalue weighted by Crippen LogP contribution is 2.32. The predicted molar refractivity (Wildman–Crippen MR) is 77.6 cm³/mol. The first-order chi connectivity index (χ1) is 9.17. The summed E-state index contributed by atoms with van der Waals surface area (Å²) in [7, 11) is 3.31. The van der Waals surface area contributed by atoms with E-state index in [1.807, 2.05) is 18.2 Å². The molecular formula is C16H19NO2. The van der Waals surface area contributed by atoms with Gasteiger partial charge in [-0.15, -0.1) is 0 Å². The molecule has 3 heteroatoms. The maximum absolute atomic E-state index is 5.71. The molecule has 0 atom stereocenters. The lowest BCUT2D eigenvalue weighted by Crippen LogP contribution is -1.97. The van der Waals surface area contributed by atoms with Crippen LogP contribution < -0.4 is 15.2 Å². The quantitative estimate of drug-likeness (QED) is 0.915. The second-order valence-electron chi connectivity index (χ2n) is 4.45. The van der Waals surface area contributed by atoms with Crippen LogP contribution in [-0.2, 0) is 6.54 Å². The van der Waals surface area contributed by atoms with E-state index in [-0.39, 0.29) is 0 Å². The summed E-state index contributed by atoms with van der Waals surface area (Å²) in [4.78, 5) is 0. The molecule has 3 nitrogen and oxygen atoms in total. The van der Waals surface area contributed by atoms with Crippen LogP contribution in [0.3, 0.4) is 0 Å². The van der Waals surface area contributed by atoms with Crippen LogP contribution in [0.25, 0.3) is 11.1 Å². The van der Waals surface area contributed by atoms with Gasteiger partial charge in [-0.2, -0.15) is 0 Å². The van der Waals surface area contributed by atoms with Gasteiger partial charge in [0.15, 0.2) is 0 Å². The number of ether oxygens (including phenoxy) is 2. The van der Waals surface area contributed by atoms with Gasteiger partial charge in [-0.3, -0.25) is 0 Å². The van der Waals surface area contributed by atoms with E-state index in [0.29, 0.717) is 6.54 Å². The van der Waals surface area contributed by atoms with Crippen LogP contribution in [0.1, 0.15) is 11.1 Å². The molecule has 0 spiro atoms. The van der Waals surface area contributed by atoms with Gasteiger partial charge in [0.25, 0.3) is 0 Å². The van der Waals surface area contributed by atoms with Crippen molar-refractivity contribution in [2.75, 3.05) is 14.2 Å². The summed E-state index contributed by atoms with van der Waals surface area (Å²) in [5.74, 6) is 1.57. The number of rotatable bonds is 4. The third-order valence-corrected chi connectivity index (χ3v) is 3.20. The fraction of sp³-hybridized carbons (Fsp3) is 0.250. The number of aryl methyl sites for hydroxylation is 1. The van der Waals surface area contributed by atoms with Gasteiger partial charge in [-0.05, 0) is 47.4 Å². The summed E-state index contributed by atoms with van der Waals surface area (Å²) in [5.41, 5.74) is 10.3. The van der Waals surface area contributed by atoms with Crippen molar-refractivity contribution in [3.63, 3.8) is 0 Å². The lowest BCUT2D eigenvalue weighted by atomic mass is 9.97. The second-order valence-corrected chi connectivity index (χ2v) is 4.45. The van der Waals surface area contributed by atoms with Crippen molar-refractivity contribution in [2.45, 2.75) is 13.5 Å². The topological polar surface area (TPSA) is 44.5 Å². The molecule has 2 aromatic rings. The molecule has 2 aromatic carbocycles. The Kier molecular flexibility index (Phi) is 4.07. The Morgan fingerprint density at radius 2 is 1.58 bits per heavy atom. The Morgan fingerprint density at radius 1 is 0.947 bits per heavy atom. The zero-order valence-electron chi connectivity index (χ0n) is 11.6. The minimum absolute atomic E-state index is 0.536. The normalized spacial score (nSPS) is 10.3. The molecule has 0 saturated heterocycles. The highest BCUT2D eigenvalue weighted by Gasteiger charge is 2.07. The number of methoxy groups -OCH3 is 2. The van der Waals surface area contributed by atoms with Gasteiger partial charge >= 0.3 is 0 Å². The van der Waals surface area contributed by atoms with Crippen molar-refractivity contribution < 1.29 is 9.47 Å². The molecule has 0 aromatic heterocycles. The predicted octanol–water partition coefficient (Wildman–Crippen LogP) is 3.14. The molecule has 2 rings (SSSR count). The largest absolute Gasteiger partial charge is 0.497 e. The van der Waals surface area contributed by atoms with Crippen molar-refractivity contribution in [2.24, 2.45) is 5.73 Å². The average Bonchev–Trinajstić information content (AvgIpc) is 2.47. The Morgan fingerprint density at radius 3 is 2.11 bits per heavy atom. The molecule has 0 aliphatic carbocycles. The van der Waals surface area contributed by atoms with Gasteiger partial charge in [-0.25, -0.2) is 0 Å².